The average molecular weight is 408 g/mol. The molecule has 2 aromatic rings. The molecule has 8 heteroatoms. The summed E-state index contributed by atoms with van der Waals surface area (Å²) in [6, 6.07) is 12.1. The highest BCUT2D eigenvalue weighted by Gasteiger charge is 2.07. The van der Waals surface area contributed by atoms with Crippen LogP contribution in [0.3, 0.4) is 0 Å². The molecule has 0 saturated heterocycles. The predicted molar refractivity (Wildman–Crippen MR) is 108 cm³/mol. The molecule has 0 heterocycles. The zero-order valence-electron chi connectivity index (χ0n) is 14.7. The first-order chi connectivity index (χ1) is 13.0. The van der Waals surface area contributed by atoms with Crippen LogP contribution in [0, 0.1) is 0 Å². The number of ether oxygens (including phenoxy) is 1. The number of rotatable bonds is 8. The SMILES string of the molecule is COc1ccccc1/C=N\NC(=O)CCCC(=O)Nc1ccc(Cl)c(Cl)c1. The quantitative estimate of drug-likeness (QED) is 0.506. The number of carbonyl (C=O) groups excluding carboxylic acids is 2. The molecule has 0 radical (unpaired) electrons. The van der Waals surface area contributed by atoms with Crippen LogP contribution < -0.4 is 15.5 Å². The van der Waals surface area contributed by atoms with Gasteiger partial charge in [0.1, 0.15) is 5.75 Å². The van der Waals surface area contributed by atoms with Gasteiger partial charge in [0.2, 0.25) is 11.8 Å². The fourth-order valence-electron chi connectivity index (χ4n) is 2.21. The number of nitrogens with one attached hydrogen (secondary N) is 2. The van der Waals surface area contributed by atoms with E-state index >= 15 is 0 Å². The Morgan fingerprint density at radius 2 is 1.81 bits per heavy atom. The van der Waals surface area contributed by atoms with Crippen LogP contribution in [0.5, 0.6) is 5.75 Å². The van der Waals surface area contributed by atoms with E-state index in [2.05, 4.69) is 15.8 Å². The lowest BCUT2D eigenvalue weighted by atomic mass is 10.2. The molecular weight excluding hydrogens is 389 g/mol. The number of para-hydroxylation sites is 1. The second-order valence-corrected chi connectivity index (χ2v) is 6.38. The molecule has 0 bridgehead atoms. The number of carbonyl (C=O) groups is 2. The van der Waals surface area contributed by atoms with Gasteiger partial charge in [0.05, 0.1) is 23.4 Å². The highest BCUT2D eigenvalue weighted by atomic mass is 35.5. The van der Waals surface area contributed by atoms with Gasteiger partial charge in [0.25, 0.3) is 0 Å². The molecule has 0 aliphatic rings. The van der Waals surface area contributed by atoms with E-state index in [1.54, 1.807) is 31.4 Å². The lowest BCUT2D eigenvalue weighted by molar-refractivity contribution is -0.121. The van der Waals surface area contributed by atoms with Gasteiger partial charge in [-0.3, -0.25) is 9.59 Å². The minimum absolute atomic E-state index is 0.179. The fourth-order valence-corrected chi connectivity index (χ4v) is 2.51. The Balaban J connectivity index is 1.71. The smallest absolute Gasteiger partial charge is 0.240 e. The number of benzene rings is 2. The third-order valence-electron chi connectivity index (χ3n) is 3.54. The van der Waals surface area contributed by atoms with Gasteiger partial charge in [0, 0.05) is 24.1 Å². The molecular formula is C19H19Cl2N3O3. The highest BCUT2D eigenvalue weighted by molar-refractivity contribution is 6.42. The van der Waals surface area contributed by atoms with E-state index in [0.29, 0.717) is 27.9 Å². The monoisotopic (exact) mass is 407 g/mol. The van der Waals surface area contributed by atoms with Crippen LogP contribution in [0.25, 0.3) is 0 Å². The number of amides is 2. The number of hydrazone groups is 1. The van der Waals surface area contributed by atoms with E-state index in [0.717, 1.165) is 5.56 Å². The molecule has 0 atom stereocenters. The molecule has 142 valence electrons. The van der Waals surface area contributed by atoms with Crippen molar-refractivity contribution in [1.82, 2.24) is 5.43 Å². The summed E-state index contributed by atoms with van der Waals surface area (Å²) in [5, 5.41) is 7.38. The van der Waals surface area contributed by atoms with Crippen LogP contribution in [-0.2, 0) is 9.59 Å². The number of methoxy groups -OCH3 is 1. The van der Waals surface area contributed by atoms with Crippen LogP contribution in [0.15, 0.2) is 47.6 Å². The Hall–Kier alpha value is -2.57. The molecule has 0 aliphatic carbocycles. The van der Waals surface area contributed by atoms with Gasteiger partial charge >= 0.3 is 0 Å². The normalized spacial score (nSPS) is 10.6. The first kappa shape index (κ1) is 20.7. The number of hydrogen-bond donors (Lipinski definition) is 2. The van der Waals surface area contributed by atoms with Gasteiger partial charge in [-0.1, -0.05) is 35.3 Å². The van der Waals surface area contributed by atoms with E-state index < -0.39 is 0 Å². The average Bonchev–Trinajstić information content (AvgIpc) is 2.65. The zero-order valence-corrected chi connectivity index (χ0v) is 16.2. The molecule has 2 aromatic carbocycles. The van der Waals surface area contributed by atoms with Crippen molar-refractivity contribution in [3.63, 3.8) is 0 Å². The Kier molecular flexibility index (Phi) is 8.10. The van der Waals surface area contributed by atoms with Crippen LogP contribution in [0.1, 0.15) is 24.8 Å². The Morgan fingerprint density at radius 1 is 1.07 bits per heavy atom. The molecule has 0 spiro atoms. The topological polar surface area (TPSA) is 79.8 Å². The number of nitrogens with zero attached hydrogens (tertiary/aromatic N) is 1. The fraction of sp³-hybridized carbons (Fsp3) is 0.211. The van der Waals surface area contributed by atoms with Crippen molar-refractivity contribution in [2.45, 2.75) is 19.3 Å². The molecule has 2 rings (SSSR count). The Morgan fingerprint density at radius 3 is 2.56 bits per heavy atom. The summed E-state index contributed by atoms with van der Waals surface area (Å²) in [6.45, 7) is 0. The lowest BCUT2D eigenvalue weighted by Crippen LogP contribution is -2.18. The van der Waals surface area contributed by atoms with Crippen LogP contribution in [0.4, 0.5) is 5.69 Å². The minimum Gasteiger partial charge on any atom is -0.496 e. The van der Waals surface area contributed by atoms with E-state index in [-0.39, 0.29) is 24.7 Å². The number of halogens is 2. The van der Waals surface area contributed by atoms with Gasteiger partial charge in [-0.05, 0) is 36.8 Å². The summed E-state index contributed by atoms with van der Waals surface area (Å²) in [4.78, 5) is 23.7. The maximum atomic E-state index is 11.9. The Labute approximate surface area is 167 Å². The second kappa shape index (κ2) is 10.5. The molecule has 2 amide bonds. The predicted octanol–water partition coefficient (Wildman–Crippen LogP) is 4.26. The van der Waals surface area contributed by atoms with Crippen molar-refractivity contribution in [3.8, 4) is 5.75 Å². The van der Waals surface area contributed by atoms with Crippen molar-refractivity contribution < 1.29 is 14.3 Å². The van der Waals surface area contributed by atoms with Gasteiger partial charge in [-0.15, -0.1) is 0 Å². The van der Waals surface area contributed by atoms with Crippen LogP contribution >= 0.6 is 23.2 Å². The molecule has 0 unspecified atom stereocenters. The summed E-state index contributed by atoms with van der Waals surface area (Å²) < 4.78 is 5.19. The molecule has 27 heavy (non-hydrogen) atoms. The van der Waals surface area contributed by atoms with Crippen molar-refractivity contribution in [2.75, 3.05) is 12.4 Å². The first-order valence-electron chi connectivity index (χ1n) is 8.19. The molecule has 6 nitrogen and oxygen atoms in total. The van der Waals surface area contributed by atoms with Crippen molar-refractivity contribution in [3.05, 3.63) is 58.1 Å². The van der Waals surface area contributed by atoms with Crippen molar-refractivity contribution in [2.24, 2.45) is 5.10 Å². The van der Waals surface area contributed by atoms with Crippen molar-refractivity contribution in [1.29, 1.82) is 0 Å². The summed E-state index contributed by atoms with van der Waals surface area (Å²) >= 11 is 11.7. The summed E-state index contributed by atoms with van der Waals surface area (Å²) in [6.07, 6.45) is 2.28. The number of anilines is 1. The summed E-state index contributed by atoms with van der Waals surface area (Å²) in [7, 11) is 1.56. The van der Waals surface area contributed by atoms with Crippen LogP contribution in [0.2, 0.25) is 10.0 Å². The molecule has 2 N–H and O–H groups in total. The van der Waals surface area contributed by atoms with Gasteiger partial charge in [0.15, 0.2) is 0 Å². The standard InChI is InChI=1S/C19H19Cl2N3O3/c1-27-17-6-3-2-5-13(17)12-22-24-19(26)8-4-7-18(25)23-14-9-10-15(20)16(21)11-14/h2-3,5-6,9-12H,4,7-8H2,1H3,(H,23,25)(H,24,26)/b22-12-. The van der Waals surface area contributed by atoms with E-state index in [9.17, 15) is 9.59 Å². The molecule has 0 aliphatic heterocycles. The Bertz CT molecular complexity index is 841. The summed E-state index contributed by atoms with van der Waals surface area (Å²) in [5.74, 6) is 0.177. The molecule has 0 fully saturated rings. The minimum atomic E-state index is -0.275. The molecule has 0 aromatic heterocycles. The maximum absolute atomic E-state index is 11.9. The highest BCUT2D eigenvalue weighted by Crippen LogP contribution is 2.25. The van der Waals surface area contributed by atoms with Crippen molar-refractivity contribution >= 4 is 46.9 Å². The number of hydrogen-bond acceptors (Lipinski definition) is 4. The molecule has 0 saturated carbocycles. The van der Waals surface area contributed by atoms with E-state index in [1.807, 2.05) is 18.2 Å². The van der Waals surface area contributed by atoms with Crippen LogP contribution in [-0.4, -0.2) is 25.1 Å². The van der Waals surface area contributed by atoms with Gasteiger partial charge in [-0.2, -0.15) is 5.10 Å². The van der Waals surface area contributed by atoms with E-state index in [1.165, 1.54) is 6.21 Å². The second-order valence-electron chi connectivity index (χ2n) is 5.57. The lowest BCUT2D eigenvalue weighted by Gasteiger charge is -2.06. The largest absolute Gasteiger partial charge is 0.496 e. The van der Waals surface area contributed by atoms with Gasteiger partial charge < -0.3 is 10.1 Å². The zero-order chi connectivity index (χ0) is 19.6. The van der Waals surface area contributed by atoms with Gasteiger partial charge in [-0.25, -0.2) is 5.43 Å². The third kappa shape index (κ3) is 6.92. The van der Waals surface area contributed by atoms with E-state index in [4.69, 9.17) is 27.9 Å². The third-order valence-corrected chi connectivity index (χ3v) is 4.28. The maximum Gasteiger partial charge on any atom is 0.240 e. The first-order valence-corrected chi connectivity index (χ1v) is 8.95. The summed E-state index contributed by atoms with van der Waals surface area (Å²) in [5.41, 5.74) is 3.74.